The fraction of sp³-hybridized carbons (Fsp3) is 0. The van der Waals surface area contributed by atoms with E-state index in [0.717, 1.165) is 4.47 Å². The Hall–Kier alpha value is -2.40. The highest BCUT2D eigenvalue weighted by molar-refractivity contribution is 9.10. The van der Waals surface area contributed by atoms with Gasteiger partial charge in [-0.3, -0.25) is 4.79 Å². The number of hydrogen-bond donors (Lipinski definition) is 2. The Morgan fingerprint density at radius 2 is 1.76 bits per heavy atom. The van der Waals surface area contributed by atoms with Crippen molar-refractivity contribution >= 4 is 33.9 Å². The third kappa shape index (κ3) is 4.29. The van der Waals surface area contributed by atoms with Crippen molar-refractivity contribution in [2.75, 3.05) is 0 Å². The molecule has 2 rings (SSSR count). The maximum atomic E-state index is 12.1. The summed E-state index contributed by atoms with van der Waals surface area (Å²) in [5.74, 6) is -1.66. The van der Waals surface area contributed by atoms with Gasteiger partial charge in [0.05, 0.1) is 0 Å². The molecule has 0 fully saturated rings. The van der Waals surface area contributed by atoms with Crippen molar-refractivity contribution in [3.63, 3.8) is 0 Å². The lowest BCUT2D eigenvalue weighted by molar-refractivity contribution is -0.132. The van der Waals surface area contributed by atoms with Gasteiger partial charge in [0.25, 0.3) is 5.91 Å². The molecule has 0 aliphatic carbocycles. The first kappa shape index (κ1) is 15.0. The van der Waals surface area contributed by atoms with Gasteiger partial charge in [0.1, 0.15) is 5.70 Å². The Kier molecular flexibility index (Phi) is 4.90. The number of rotatable bonds is 4. The molecule has 4 nitrogen and oxygen atoms in total. The summed E-state index contributed by atoms with van der Waals surface area (Å²) in [7, 11) is 0. The van der Waals surface area contributed by atoms with E-state index >= 15 is 0 Å². The SMILES string of the molecule is O=C(O)/C(=C\c1ccccc1)NC(=O)c1cccc(Br)c1. The molecule has 0 saturated carbocycles. The predicted octanol–water partition coefficient (Wildman–Crippen LogP) is 3.30. The summed E-state index contributed by atoms with van der Waals surface area (Å²) in [5.41, 5.74) is 0.903. The van der Waals surface area contributed by atoms with Crippen molar-refractivity contribution in [1.29, 1.82) is 0 Å². The Bertz CT molecular complexity index is 696. The zero-order valence-electron chi connectivity index (χ0n) is 10.9. The van der Waals surface area contributed by atoms with Crippen LogP contribution in [-0.4, -0.2) is 17.0 Å². The Labute approximate surface area is 130 Å². The first-order valence-electron chi connectivity index (χ1n) is 6.13. The van der Waals surface area contributed by atoms with Crippen molar-refractivity contribution in [3.8, 4) is 0 Å². The molecule has 0 unspecified atom stereocenters. The van der Waals surface area contributed by atoms with Crippen LogP contribution < -0.4 is 5.32 Å². The van der Waals surface area contributed by atoms with Crippen LogP contribution in [0, 0.1) is 0 Å². The van der Waals surface area contributed by atoms with Gasteiger partial charge in [-0.25, -0.2) is 4.79 Å². The fourth-order valence-corrected chi connectivity index (χ4v) is 2.09. The van der Waals surface area contributed by atoms with E-state index in [9.17, 15) is 14.7 Å². The van der Waals surface area contributed by atoms with E-state index in [1.54, 1.807) is 48.5 Å². The zero-order valence-corrected chi connectivity index (χ0v) is 12.5. The van der Waals surface area contributed by atoms with Gasteiger partial charge in [-0.05, 0) is 29.8 Å². The Morgan fingerprint density at radius 1 is 1.05 bits per heavy atom. The normalized spacial score (nSPS) is 11.0. The van der Waals surface area contributed by atoms with Crippen LogP contribution in [0.3, 0.4) is 0 Å². The molecule has 0 bridgehead atoms. The van der Waals surface area contributed by atoms with Gasteiger partial charge < -0.3 is 10.4 Å². The van der Waals surface area contributed by atoms with E-state index in [2.05, 4.69) is 21.2 Å². The number of benzene rings is 2. The summed E-state index contributed by atoms with van der Waals surface area (Å²) >= 11 is 3.27. The van der Waals surface area contributed by atoms with Crippen molar-refractivity contribution in [1.82, 2.24) is 5.32 Å². The van der Waals surface area contributed by atoms with Crippen molar-refractivity contribution in [2.24, 2.45) is 0 Å². The summed E-state index contributed by atoms with van der Waals surface area (Å²) in [6.07, 6.45) is 1.41. The highest BCUT2D eigenvalue weighted by atomic mass is 79.9. The van der Waals surface area contributed by atoms with Crippen LogP contribution >= 0.6 is 15.9 Å². The number of carbonyl (C=O) groups is 2. The lowest BCUT2D eigenvalue weighted by Gasteiger charge is -2.06. The van der Waals surface area contributed by atoms with Crippen molar-refractivity contribution in [3.05, 3.63) is 75.9 Å². The molecular weight excluding hydrogens is 334 g/mol. The van der Waals surface area contributed by atoms with Crippen LogP contribution in [0.15, 0.2) is 64.8 Å². The second-order valence-corrected chi connectivity index (χ2v) is 5.15. The second-order valence-electron chi connectivity index (χ2n) is 4.24. The molecule has 2 aromatic carbocycles. The van der Waals surface area contributed by atoms with Crippen LogP contribution in [-0.2, 0) is 4.79 Å². The Morgan fingerprint density at radius 3 is 2.38 bits per heavy atom. The number of nitrogens with one attached hydrogen (secondary N) is 1. The van der Waals surface area contributed by atoms with Gasteiger partial charge in [0, 0.05) is 10.0 Å². The van der Waals surface area contributed by atoms with E-state index in [1.165, 1.54) is 6.08 Å². The molecule has 21 heavy (non-hydrogen) atoms. The van der Waals surface area contributed by atoms with Gasteiger partial charge in [0.15, 0.2) is 0 Å². The second kappa shape index (κ2) is 6.85. The zero-order chi connectivity index (χ0) is 15.2. The molecular formula is C16H12BrNO3. The molecule has 0 spiro atoms. The lowest BCUT2D eigenvalue weighted by Crippen LogP contribution is -2.27. The van der Waals surface area contributed by atoms with Gasteiger partial charge in [0.2, 0.25) is 0 Å². The molecule has 0 heterocycles. The highest BCUT2D eigenvalue weighted by Crippen LogP contribution is 2.12. The fourth-order valence-electron chi connectivity index (χ4n) is 1.69. The monoisotopic (exact) mass is 345 g/mol. The molecule has 0 aromatic heterocycles. The molecule has 0 atom stereocenters. The standard InChI is InChI=1S/C16H12BrNO3/c17-13-8-4-7-12(10-13)15(19)18-14(16(20)21)9-11-5-2-1-3-6-11/h1-10H,(H,18,19)(H,20,21)/b14-9+. The van der Waals surface area contributed by atoms with Gasteiger partial charge >= 0.3 is 5.97 Å². The third-order valence-electron chi connectivity index (χ3n) is 2.68. The quantitative estimate of drug-likeness (QED) is 0.835. The maximum Gasteiger partial charge on any atom is 0.352 e. The van der Waals surface area contributed by atoms with Gasteiger partial charge in [-0.2, -0.15) is 0 Å². The average Bonchev–Trinajstić information content (AvgIpc) is 2.47. The number of aliphatic carboxylic acids is 1. The van der Waals surface area contributed by atoms with Crippen LogP contribution in [0.5, 0.6) is 0 Å². The minimum Gasteiger partial charge on any atom is -0.477 e. The number of hydrogen-bond acceptors (Lipinski definition) is 2. The number of halogens is 1. The van der Waals surface area contributed by atoms with E-state index in [1.807, 2.05) is 6.07 Å². The van der Waals surface area contributed by atoms with Crippen molar-refractivity contribution in [2.45, 2.75) is 0 Å². The van der Waals surface area contributed by atoms with E-state index in [-0.39, 0.29) is 5.70 Å². The number of carboxylic acids is 1. The first-order valence-corrected chi connectivity index (χ1v) is 6.92. The molecule has 106 valence electrons. The van der Waals surface area contributed by atoms with Crippen LogP contribution in [0.2, 0.25) is 0 Å². The first-order chi connectivity index (χ1) is 10.1. The summed E-state index contributed by atoms with van der Waals surface area (Å²) < 4.78 is 0.749. The highest BCUT2D eigenvalue weighted by Gasteiger charge is 2.13. The molecule has 2 aromatic rings. The Balaban J connectivity index is 2.23. The maximum absolute atomic E-state index is 12.1. The number of carboxylic acid groups (broad SMARTS) is 1. The number of amides is 1. The summed E-state index contributed by atoms with van der Waals surface area (Å²) in [6, 6.07) is 15.7. The molecule has 2 N–H and O–H groups in total. The smallest absolute Gasteiger partial charge is 0.352 e. The third-order valence-corrected chi connectivity index (χ3v) is 3.17. The van der Waals surface area contributed by atoms with Crippen LogP contribution in [0.4, 0.5) is 0 Å². The lowest BCUT2D eigenvalue weighted by atomic mass is 10.1. The van der Waals surface area contributed by atoms with Crippen LogP contribution in [0.1, 0.15) is 15.9 Å². The molecule has 5 heteroatoms. The predicted molar refractivity (Wildman–Crippen MR) is 83.7 cm³/mol. The van der Waals surface area contributed by atoms with E-state index in [0.29, 0.717) is 11.1 Å². The number of carbonyl (C=O) groups excluding carboxylic acids is 1. The average molecular weight is 346 g/mol. The topological polar surface area (TPSA) is 66.4 Å². The van der Waals surface area contributed by atoms with Crippen molar-refractivity contribution < 1.29 is 14.7 Å². The van der Waals surface area contributed by atoms with Gasteiger partial charge in [-0.15, -0.1) is 0 Å². The molecule has 0 aliphatic heterocycles. The molecule has 1 amide bonds. The minimum atomic E-state index is -1.19. The summed E-state index contributed by atoms with van der Waals surface area (Å²) in [4.78, 5) is 23.3. The largest absolute Gasteiger partial charge is 0.477 e. The summed E-state index contributed by atoms with van der Waals surface area (Å²) in [5, 5.41) is 11.6. The van der Waals surface area contributed by atoms with Gasteiger partial charge in [-0.1, -0.05) is 52.3 Å². The molecule has 0 aliphatic rings. The molecule has 0 saturated heterocycles. The van der Waals surface area contributed by atoms with E-state index < -0.39 is 11.9 Å². The summed E-state index contributed by atoms with van der Waals surface area (Å²) in [6.45, 7) is 0. The molecule has 0 radical (unpaired) electrons. The van der Waals surface area contributed by atoms with E-state index in [4.69, 9.17) is 0 Å². The van der Waals surface area contributed by atoms with Crippen LogP contribution in [0.25, 0.3) is 6.08 Å². The minimum absolute atomic E-state index is 0.175.